The number of rotatable bonds is 5. The van der Waals surface area contributed by atoms with E-state index in [1.54, 1.807) is 0 Å². The van der Waals surface area contributed by atoms with Gasteiger partial charge in [-0.3, -0.25) is 4.79 Å². The topological polar surface area (TPSA) is 44.4 Å². The number of hydrogen-bond acceptors (Lipinski definition) is 3. The summed E-state index contributed by atoms with van der Waals surface area (Å²) in [5, 5.41) is 7.15. The predicted octanol–water partition coefficient (Wildman–Crippen LogP) is 4.05. The van der Waals surface area contributed by atoms with Crippen LogP contribution < -0.4 is 15.5 Å². The fraction of sp³-hybridized carbons (Fsp3) is 0.632. The van der Waals surface area contributed by atoms with Crippen molar-refractivity contribution in [2.24, 2.45) is 5.92 Å². The molecule has 1 aromatic carbocycles. The van der Waals surface area contributed by atoms with Crippen molar-refractivity contribution in [2.75, 3.05) is 36.4 Å². The van der Waals surface area contributed by atoms with Crippen molar-refractivity contribution < 1.29 is 4.79 Å². The first-order valence-corrected chi connectivity index (χ1v) is 9.65. The van der Waals surface area contributed by atoms with Gasteiger partial charge < -0.3 is 15.5 Å². The molecule has 24 heavy (non-hydrogen) atoms. The summed E-state index contributed by atoms with van der Waals surface area (Å²) in [7, 11) is 0. The second kappa shape index (κ2) is 8.72. The Morgan fingerprint density at radius 3 is 2.71 bits per heavy atom. The molecule has 0 aliphatic carbocycles. The van der Waals surface area contributed by atoms with Gasteiger partial charge in [-0.05, 0) is 75.7 Å². The molecule has 0 spiro atoms. The van der Waals surface area contributed by atoms with Gasteiger partial charge >= 0.3 is 0 Å². The molecule has 0 radical (unpaired) electrons. The fourth-order valence-electron chi connectivity index (χ4n) is 3.74. The zero-order valence-electron chi connectivity index (χ0n) is 14.3. The fourth-order valence-corrected chi connectivity index (χ4v) is 3.91. The average Bonchev–Trinajstić information content (AvgIpc) is 2.62. The Balaban J connectivity index is 1.60. The molecule has 2 fully saturated rings. The van der Waals surface area contributed by atoms with E-state index >= 15 is 0 Å². The number of carbonyl (C=O) groups excluding carboxylic acids is 1. The summed E-state index contributed by atoms with van der Waals surface area (Å²) >= 11 is 6.16. The lowest BCUT2D eigenvalue weighted by atomic mass is 9.93. The number of anilines is 2. The molecule has 0 saturated carbocycles. The Morgan fingerprint density at radius 1 is 1.21 bits per heavy atom. The molecule has 2 aliphatic heterocycles. The second-order valence-electron chi connectivity index (χ2n) is 6.99. The van der Waals surface area contributed by atoms with E-state index in [9.17, 15) is 4.79 Å². The molecule has 0 aromatic heterocycles. The molecule has 2 aliphatic rings. The SMILES string of the molecule is O=C(CCC1CCNCC1)Nc1cc(Cl)ccc1N1CCCCC1. The summed E-state index contributed by atoms with van der Waals surface area (Å²) in [6.07, 6.45) is 7.66. The minimum Gasteiger partial charge on any atom is -0.370 e. The van der Waals surface area contributed by atoms with Crippen LogP contribution in [-0.2, 0) is 4.79 Å². The largest absolute Gasteiger partial charge is 0.370 e. The van der Waals surface area contributed by atoms with Crippen LogP contribution in [0, 0.1) is 5.92 Å². The van der Waals surface area contributed by atoms with Crippen LogP contribution in [-0.4, -0.2) is 32.1 Å². The van der Waals surface area contributed by atoms with E-state index in [4.69, 9.17) is 11.6 Å². The minimum atomic E-state index is 0.106. The standard InChI is InChI=1S/C19H28ClN3O/c20-16-5-6-18(23-12-2-1-3-13-23)17(14-16)22-19(24)7-4-15-8-10-21-11-9-15/h5-6,14-15,21H,1-4,7-13H2,(H,22,24). The van der Waals surface area contributed by atoms with Crippen molar-refractivity contribution >= 4 is 28.9 Å². The highest BCUT2D eigenvalue weighted by atomic mass is 35.5. The van der Waals surface area contributed by atoms with Gasteiger partial charge in [0.25, 0.3) is 0 Å². The molecule has 5 heteroatoms. The van der Waals surface area contributed by atoms with Crippen LogP contribution in [0.15, 0.2) is 18.2 Å². The lowest BCUT2D eigenvalue weighted by Gasteiger charge is -2.30. The number of piperidine rings is 2. The highest BCUT2D eigenvalue weighted by molar-refractivity contribution is 6.31. The van der Waals surface area contributed by atoms with Gasteiger partial charge in [0.1, 0.15) is 0 Å². The molecular formula is C19H28ClN3O. The third-order valence-electron chi connectivity index (χ3n) is 5.17. The molecule has 2 heterocycles. The van der Waals surface area contributed by atoms with Gasteiger partial charge in [0.05, 0.1) is 11.4 Å². The number of nitrogens with zero attached hydrogens (tertiary/aromatic N) is 1. The average molecular weight is 350 g/mol. The van der Waals surface area contributed by atoms with Gasteiger partial charge in [-0.1, -0.05) is 11.6 Å². The maximum Gasteiger partial charge on any atom is 0.224 e. The molecule has 0 unspecified atom stereocenters. The Kier molecular flexibility index (Phi) is 6.38. The monoisotopic (exact) mass is 349 g/mol. The van der Waals surface area contributed by atoms with Crippen molar-refractivity contribution in [1.29, 1.82) is 0 Å². The number of benzene rings is 1. The zero-order chi connectivity index (χ0) is 16.8. The predicted molar refractivity (Wildman–Crippen MR) is 101 cm³/mol. The number of hydrogen-bond donors (Lipinski definition) is 2. The van der Waals surface area contributed by atoms with Gasteiger partial charge in [0.2, 0.25) is 5.91 Å². The van der Waals surface area contributed by atoms with E-state index in [0.717, 1.165) is 44.0 Å². The summed E-state index contributed by atoms with van der Waals surface area (Å²) in [6, 6.07) is 5.83. The summed E-state index contributed by atoms with van der Waals surface area (Å²) in [4.78, 5) is 14.8. The van der Waals surface area contributed by atoms with Crippen molar-refractivity contribution in [3.63, 3.8) is 0 Å². The molecule has 4 nitrogen and oxygen atoms in total. The molecule has 3 rings (SSSR count). The minimum absolute atomic E-state index is 0.106. The Labute approximate surface area is 149 Å². The third-order valence-corrected chi connectivity index (χ3v) is 5.40. The van der Waals surface area contributed by atoms with Crippen LogP contribution in [0.25, 0.3) is 0 Å². The first-order valence-electron chi connectivity index (χ1n) is 9.27. The Hall–Kier alpha value is -1.26. The van der Waals surface area contributed by atoms with Crippen molar-refractivity contribution in [3.05, 3.63) is 23.2 Å². The maximum atomic E-state index is 12.4. The van der Waals surface area contributed by atoms with Crippen molar-refractivity contribution in [1.82, 2.24) is 5.32 Å². The number of halogens is 1. The highest BCUT2D eigenvalue weighted by Gasteiger charge is 2.18. The highest BCUT2D eigenvalue weighted by Crippen LogP contribution is 2.31. The first-order chi connectivity index (χ1) is 11.7. The molecule has 132 valence electrons. The van der Waals surface area contributed by atoms with Crippen LogP contribution in [0.1, 0.15) is 44.9 Å². The molecule has 0 atom stereocenters. The number of amides is 1. The lowest BCUT2D eigenvalue weighted by Crippen LogP contribution is -2.30. The summed E-state index contributed by atoms with van der Waals surface area (Å²) < 4.78 is 0. The molecular weight excluding hydrogens is 322 g/mol. The van der Waals surface area contributed by atoms with Crippen LogP contribution in [0.3, 0.4) is 0 Å². The number of nitrogens with one attached hydrogen (secondary N) is 2. The molecule has 1 aromatic rings. The Bertz CT molecular complexity index is 552. The van der Waals surface area contributed by atoms with E-state index in [1.165, 1.54) is 32.1 Å². The third kappa shape index (κ3) is 4.87. The number of carbonyl (C=O) groups is 1. The summed E-state index contributed by atoms with van der Waals surface area (Å²) in [5.41, 5.74) is 1.97. The van der Waals surface area contributed by atoms with Crippen LogP contribution in [0.2, 0.25) is 5.02 Å². The van der Waals surface area contributed by atoms with Crippen LogP contribution >= 0.6 is 11.6 Å². The summed E-state index contributed by atoms with van der Waals surface area (Å²) in [6.45, 7) is 4.28. The molecule has 1 amide bonds. The summed E-state index contributed by atoms with van der Waals surface area (Å²) in [5.74, 6) is 0.784. The lowest BCUT2D eigenvalue weighted by molar-refractivity contribution is -0.116. The second-order valence-corrected chi connectivity index (χ2v) is 7.43. The van der Waals surface area contributed by atoms with Gasteiger partial charge in [-0.25, -0.2) is 0 Å². The van der Waals surface area contributed by atoms with Gasteiger partial charge in [0.15, 0.2) is 0 Å². The van der Waals surface area contributed by atoms with Gasteiger partial charge in [0, 0.05) is 24.5 Å². The van der Waals surface area contributed by atoms with Crippen LogP contribution in [0.4, 0.5) is 11.4 Å². The van der Waals surface area contributed by atoms with E-state index in [0.29, 0.717) is 17.4 Å². The van der Waals surface area contributed by atoms with E-state index < -0.39 is 0 Å². The smallest absolute Gasteiger partial charge is 0.224 e. The van der Waals surface area contributed by atoms with E-state index in [1.807, 2.05) is 18.2 Å². The zero-order valence-corrected chi connectivity index (χ0v) is 15.1. The first kappa shape index (κ1) is 17.6. The van der Waals surface area contributed by atoms with E-state index in [-0.39, 0.29) is 5.91 Å². The van der Waals surface area contributed by atoms with Gasteiger partial charge in [-0.2, -0.15) is 0 Å². The van der Waals surface area contributed by atoms with Crippen molar-refractivity contribution in [3.8, 4) is 0 Å². The Morgan fingerprint density at radius 2 is 1.96 bits per heavy atom. The quantitative estimate of drug-likeness (QED) is 0.842. The molecule has 2 saturated heterocycles. The van der Waals surface area contributed by atoms with Crippen LogP contribution in [0.5, 0.6) is 0 Å². The van der Waals surface area contributed by atoms with Gasteiger partial charge in [-0.15, -0.1) is 0 Å². The normalized spacial score (nSPS) is 19.3. The molecule has 2 N–H and O–H groups in total. The van der Waals surface area contributed by atoms with E-state index in [2.05, 4.69) is 15.5 Å². The molecule has 0 bridgehead atoms. The van der Waals surface area contributed by atoms with Crippen molar-refractivity contribution in [2.45, 2.75) is 44.9 Å². The maximum absolute atomic E-state index is 12.4.